The van der Waals surface area contributed by atoms with Gasteiger partial charge in [-0.2, -0.15) is 13.8 Å². The fraction of sp³-hybridized carbons (Fsp3) is 0.607. The lowest BCUT2D eigenvalue weighted by Gasteiger charge is -2.51. The van der Waals surface area contributed by atoms with E-state index >= 15 is 8.78 Å². The Bertz CT molecular complexity index is 1280. The fourth-order valence-corrected chi connectivity index (χ4v) is 17.0. The molecule has 2 aliphatic rings. The number of rotatable bonds is 7. The summed E-state index contributed by atoms with van der Waals surface area (Å²) in [6.07, 6.45) is -3.63. The predicted molar refractivity (Wildman–Crippen MR) is 156 cm³/mol. The highest BCUT2D eigenvalue weighted by Gasteiger charge is 2.67. The molecule has 0 spiro atoms. The quantitative estimate of drug-likeness (QED) is 0.385. The smallest absolute Gasteiger partial charge is 0.351 e. The molecule has 1 N–H and O–H groups in total. The van der Waals surface area contributed by atoms with Crippen LogP contribution in [0.3, 0.4) is 0 Å². The zero-order chi connectivity index (χ0) is 30.3. The van der Waals surface area contributed by atoms with Gasteiger partial charge in [-0.25, -0.2) is 4.79 Å². The van der Waals surface area contributed by atoms with E-state index < -0.39 is 53.1 Å². The summed E-state index contributed by atoms with van der Waals surface area (Å²) in [5, 5.41) is 2.53. The second-order valence-electron chi connectivity index (χ2n) is 12.0. The van der Waals surface area contributed by atoms with Crippen molar-refractivity contribution in [1.82, 2.24) is 9.55 Å². The van der Waals surface area contributed by atoms with E-state index in [1.807, 2.05) is 55.4 Å². The zero-order valence-corrected chi connectivity index (χ0v) is 26.9. The molecule has 0 aliphatic carbocycles. The van der Waals surface area contributed by atoms with Gasteiger partial charge in [0, 0.05) is 11.8 Å². The number of carbonyl (C=O) groups excluding carboxylic acids is 1. The Kier molecular flexibility index (Phi) is 9.08. The largest absolute Gasteiger partial charge is 0.414 e. The third-order valence-electron chi connectivity index (χ3n) is 8.03. The molecule has 2 aromatic rings. The lowest BCUT2D eigenvalue weighted by Crippen LogP contribution is -2.66. The summed E-state index contributed by atoms with van der Waals surface area (Å²) in [6, 6.07) is 9.67. The van der Waals surface area contributed by atoms with Crippen LogP contribution in [0.5, 0.6) is 0 Å². The molecule has 2 fully saturated rings. The maximum Gasteiger partial charge on any atom is 0.351 e. The number of aromatic nitrogens is 2. The van der Waals surface area contributed by atoms with Gasteiger partial charge in [-0.1, -0.05) is 73.6 Å². The van der Waals surface area contributed by atoms with Crippen LogP contribution in [0, 0.1) is 0 Å². The molecule has 3 heterocycles. The molecule has 2 aliphatic heterocycles. The maximum atomic E-state index is 16.3. The van der Waals surface area contributed by atoms with Crippen LogP contribution in [-0.4, -0.2) is 57.3 Å². The summed E-state index contributed by atoms with van der Waals surface area (Å²) in [7, 11) is -6.29. The molecule has 0 saturated carbocycles. The number of hydrogen-bond acceptors (Lipinski definition) is 7. The average molecular weight is 610 g/mol. The van der Waals surface area contributed by atoms with Crippen molar-refractivity contribution in [3.05, 3.63) is 58.6 Å². The van der Waals surface area contributed by atoms with Crippen molar-refractivity contribution in [1.29, 1.82) is 0 Å². The SMILES string of the molecule is CC(C)[Si]1(C(C)C)OC[C@H]2O[C@@H](n3ccc(NC(=O)c4ccccc4)nc3=O)C(F)(F)[C@H]2O[Si](C(C)C)(C(C)C)O1. The number of ether oxygens (including phenoxy) is 1. The lowest BCUT2D eigenvalue weighted by atomic mass is 10.1. The zero-order valence-electron chi connectivity index (χ0n) is 24.9. The topological polar surface area (TPSA) is 101 Å². The molecular formula is C28H41F2N3O6Si2. The lowest BCUT2D eigenvalue weighted by molar-refractivity contribution is -0.140. The first-order valence-corrected chi connectivity index (χ1v) is 18.1. The van der Waals surface area contributed by atoms with Gasteiger partial charge in [0.2, 0.25) is 6.23 Å². The Balaban J connectivity index is 1.69. The van der Waals surface area contributed by atoms with Crippen LogP contribution in [0.25, 0.3) is 0 Å². The molecule has 0 radical (unpaired) electrons. The number of nitrogens with one attached hydrogen (secondary N) is 1. The van der Waals surface area contributed by atoms with E-state index in [9.17, 15) is 9.59 Å². The normalized spacial score (nSPS) is 25.3. The molecule has 13 heteroatoms. The van der Waals surface area contributed by atoms with E-state index in [1.54, 1.807) is 30.3 Å². The van der Waals surface area contributed by atoms with Gasteiger partial charge in [0.1, 0.15) is 18.0 Å². The van der Waals surface area contributed by atoms with Crippen LogP contribution in [-0.2, 0) is 17.7 Å². The van der Waals surface area contributed by atoms with Gasteiger partial charge in [0.05, 0.1) is 6.61 Å². The highest BCUT2D eigenvalue weighted by molar-refractivity contribution is 6.84. The maximum absolute atomic E-state index is 16.3. The number of alkyl halides is 2. The molecule has 2 saturated heterocycles. The Morgan fingerprint density at radius 3 is 2.10 bits per heavy atom. The molecule has 1 aromatic carbocycles. The number of nitrogens with zero attached hydrogens (tertiary/aromatic N) is 2. The van der Waals surface area contributed by atoms with Crippen LogP contribution in [0.2, 0.25) is 22.2 Å². The van der Waals surface area contributed by atoms with Gasteiger partial charge in [0.15, 0.2) is 0 Å². The molecule has 4 rings (SSSR count). The first-order valence-electron chi connectivity index (χ1n) is 14.2. The van der Waals surface area contributed by atoms with E-state index in [1.165, 1.54) is 6.07 Å². The summed E-state index contributed by atoms with van der Waals surface area (Å²) < 4.78 is 59.2. The minimum Gasteiger partial charge on any atom is -0.414 e. The number of fused-ring (bicyclic) bond motifs is 1. The first-order chi connectivity index (χ1) is 19.2. The van der Waals surface area contributed by atoms with Crippen molar-refractivity contribution in [2.24, 2.45) is 0 Å². The molecule has 226 valence electrons. The van der Waals surface area contributed by atoms with Crippen LogP contribution >= 0.6 is 0 Å². The second-order valence-corrected chi connectivity index (χ2v) is 20.9. The van der Waals surface area contributed by atoms with E-state index in [0.717, 1.165) is 10.8 Å². The third kappa shape index (κ3) is 5.72. The molecule has 1 aromatic heterocycles. The molecule has 9 nitrogen and oxygen atoms in total. The number of anilines is 1. The van der Waals surface area contributed by atoms with Gasteiger partial charge in [0.25, 0.3) is 5.91 Å². The van der Waals surface area contributed by atoms with Crippen molar-refractivity contribution in [3.8, 4) is 0 Å². The van der Waals surface area contributed by atoms with Crippen molar-refractivity contribution >= 4 is 28.8 Å². The summed E-state index contributed by atoms with van der Waals surface area (Å²) >= 11 is 0. The molecule has 3 atom stereocenters. The molecular weight excluding hydrogens is 568 g/mol. The van der Waals surface area contributed by atoms with Gasteiger partial charge in [-0.05, 0) is 40.4 Å². The summed E-state index contributed by atoms with van der Waals surface area (Å²) in [6.45, 7) is 15.8. The monoisotopic (exact) mass is 609 g/mol. The highest BCUT2D eigenvalue weighted by atomic mass is 28.5. The van der Waals surface area contributed by atoms with Crippen LogP contribution < -0.4 is 11.0 Å². The molecule has 1 amide bonds. The van der Waals surface area contributed by atoms with Crippen molar-refractivity contribution in [3.63, 3.8) is 0 Å². The number of hydrogen-bond donors (Lipinski definition) is 1. The fourth-order valence-electron chi connectivity index (χ4n) is 5.81. The van der Waals surface area contributed by atoms with E-state index in [2.05, 4.69) is 10.3 Å². The first kappa shape index (κ1) is 31.6. The van der Waals surface area contributed by atoms with Gasteiger partial charge in [-0.15, -0.1) is 0 Å². The Morgan fingerprint density at radius 1 is 0.976 bits per heavy atom. The molecule has 0 bridgehead atoms. The third-order valence-corrected chi connectivity index (χ3v) is 18.3. The Morgan fingerprint density at radius 2 is 1.56 bits per heavy atom. The summed E-state index contributed by atoms with van der Waals surface area (Å²) in [5.41, 5.74) is -0.853. The van der Waals surface area contributed by atoms with E-state index in [0.29, 0.717) is 5.56 Å². The predicted octanol–water partition coefficient (Wildman–Crippen LogP) is 5.98. The number of halogens is 2. The second kappa shape index (κ2) is 11.8. The summed E-state index contributed by atoms with van der Waals surface area (Å²) in [5.74, 6) is -4.14. The van der Waals surface area contributed by atoms with Crippen LogP contribution in [0.1, 0.15) is 72.0 Å². The van der Waals surface area contributed by atoms with Crippen LogP contribution in [0.15, 0.2) is 47.4 Å². The minimum absolute atomic E-state index is 0.0372. The van der Waals surface area contributed by atoms with Gasteiger partial charge in [-0.3, -0.25) is 9.36 Å². The highest BCUT2D eigenvalue weighted by Crippen LogP contribution is 2.52. The van der Waals surface area contributed by atoms with Gasteiger partial charge >= 0.3 is 28.7 Å². The van der Waals surface area contributed by atoms with Gasteiger partial charge < -0.3 is 23.0 Å². The number of benzene rings is 1. The summed E-state index contributed by atoms with van der Waals surface area (Å²) in [4.78, 5) is 29.3. The number of amides is 1. The van der Waals surface area contributed by atoms with E-state index in [-0.39, 0.29) is 34.6 Å². The van der Waals surface area contributed by atoms with Crippen molar-refractivity contribution in [2.45, 2.75) is 102 Å². The Labute approximate surface area is 242 Å². The number of carbonyl (C=O) groups is 1. The van der Waals surface area contributed by atoms with Crippen molar-refractivity contribution in [2.75, 3.05) is 11.9 Å². The standard InChI is InChI=1S/C28H41F2N3O6Si2/c1-17(2)40(18(3)4)36-16-22-24(38-41(39-40,19(5)6)20(7)8)28(29,30)26(37-22)33-15-14-23(32-27(33)35)31-25(34)21-12-10-9-11-13-21/h9-15,17-20,22,24,26H,16H2,1-8H3,(H,31,32,34,35)/t22-,24+,26-/m1/s1. The Hall–Kier alpha value is -2.30. The van der Waals surface area contributed by atoms with E-state index in [4.69, 9.17) is 17.7 Å². The average Bonchev–Trinajstić information content (AvgIpc) is 3.12. The van der Waals surface area contributed by atoms with Crippen molar-refractivity contribution < 1.29 is 31.3 Å². The van der Waals surface area contributed by atoms with Crippen LogP contribution in [0.4, 0.5) is 14.6 Å². The minimum atomic E-state index is -3.60. The molecule has 0 unspecified atom stereocenters. The molecule has 41 heavy (non-hydrogen) atoms.